The van der Waals surface area contributed by atoms with Gasteiger partial charge in [0.2, 0.25) is 17.7 Å². The summed E-state index contributed by atoms with van der Waals surface area (Å²) < 4.78 is 66.2. The van der Waals surface area contributed by atoms with Crippen molar-refractivity contribution in [3.63, 3.8) is 0 Å². The number of hydrogen-bond acceptors (Lipinski definition) is 23. The largest absolute Gasteiger partial charge is 0.508 e. The van der Waals surface area contributed by atoms with Gasteiger partial charge in [0.1, 0.15) is 106 Å². The van der Waals surface area contributed by atoms with Crippen molar-refractivity contribution in [2.45, 2.75) is 60.4 Å². The second-order valence-electron chi connectivity index (χ2n) is 34.4. The molecule has 6 aromatic heterocycles. The van der Waals surface area contributed by atoms with E-state index in [0.29, 0.717) is 210 Å². The topological polar surface area (TPSA) is 340 Å². The number of aliphatic hydroxyl groups is 1. The maximum absolute atomic E-state index is 16.2. The highest BCUT2D eigenvalue weighted by atomic mass is 35.5. The summed E-state index contributed by atoms with van der Waals surface area (Å²) in [5.41, 5.74) is 7.48. The molecule has 4 fully saturated rings. The van der Waals surface area contributed by atoms with Crippen LogP contribution in [0.25, 0.3) is 116 Å². The summed E-state index contributed by atoms with van der Waals surface area (Å²) in [6.07, 6.45) is 14.4. The number of halogens is 8. The average Bonchev–Trinajstić information content (AvgIpc) is 1.14. The number of benzene rings is 9. The Morgan fingerprint density at radius 1 is 0.529 bits per heavy atom. The van der Waals surface area contributed by atoms with Crippen LogP contribution in [0.5, 0.6) is 5.75 Å². The third-order valence-corrected chi connectivity index (χ3v) is 26.5. The normalized spacial score (nSPS) is 14.8. The van der Waals surface area contributed by atoms with Crippen LogP contribution in [0.2, 0.25) is 20.1 Å². The number of hydrogen-bond donors (Lipinski definition) is 3. The fourth-order valence-corrected chi connectivity index (χ4v) is 18.7. The van der Waals surface area contributed by atoms with Gasteiger partial charge in [-0.1, -0.05) is 160 Å². The third kappa shape index (κ3) is 20.5. The van der Waals surface area contributed by atoms with Crippen LogP contribution in [0.4, 0.5) is 40.8 Å². The second-order valence-corrected chi connectivity index (χ2v) is 36.0. The van der Waals surface area contributed by atoms with Crippen molar-refractivity contribution in [1.29, 1.82) is 10.5 Å². The number of carbonyl (C=O) groups is 4. The number of piperazine rings is 4. The van der Waals surface area contributed by atoms with Crippen LogP contribution in [0.3, 0.4) is 0 Å². The molecule has 28 nitrogen and oxygen atoms in total. The lowest BCUT2D eigenvalue weighted by Gasteiger charge is -2.41. The van der Waals surface area contributed by atoms with Gasteiger partial charge in [0.25, 0.3) is 11.8 Å². The molecule has 9 aromatic carbocycles. The summed E-state index contributed by atoms with van der Waals surface area (Å²) in [7, 11) is 0. The Balaban J connectivity index is 0.000000135. The Labute approximate surface area is 822 Å². The van der Waals surface area contributed by atoms with E-state index in [1.54, 1.807) is 118 Å². The SMILES string of the molecule is C=CC(=O)N1CCN(c2nc(CC)nc3c(F)c(-c4c(C)ccc5[nH]ncc45)c(Cl)cc23)CC1.C=CC(=O)N1CCN(c2ncnc3c(F)c(-c4cc(O)cc5ccccc45)c(Cl)cc23)CC1CO.CCC(C)(C)/C=C(\C#N)C(=O)N1CCN(c2ncnc3cc(-c4ccccc4F)c(Cl)cc23)CC1.Cc1coc(/C=C(\C#N)C(=O)N2CCN(c3ncnc4cc(-c5ccccc5F)c(Cl)cc34)CC2)n1. The Bertz CT molecular complexity index is 7550. The number of oxazole rings is 1. The van der Waals surface area contributed by atoms with E-state index in [-0.39, 0.29) is 96.7 Å². The van der Waals surface area contributed by atoms with Gasteiger partial charge in [-0.05, 0) is 126 Å². The van der Waals surface area contributed by atoms with Crippen molar-refractivity contribution in [1.82, 2.24) is 74.7 Å². The van der Waals surface area contributed by atoms with E-state index in [1.807, 2.05) is 86.9 Å². The maximum atomic E-state index is 16.2. The van der Waals surface area contributed by atoms with Gasteiger partial charge in [0, 0.05) is 187 Å². The molecular formula is C104H93Cl4F4N21O7. The number of nitriles is 2. The molecule has 15 aromatic rings. The lowest BCUT2D eigenvalue weighted by molar-refractivity contribution is -0.130. The Morgan fingerprint density at radius 3 is 1.59 bits per heavy atom. The highest BCUT2D eigenvalue weighted by Crippen LogP contribution is 2.46. The maximum Gasteiger partial charge on any atom is 0.264 e. The number of aromatic hydroxyl groups is 1. The molecule has 36 heteroatoms. The lowest BCUT2D eigenvalue weighted by atomic mass is 9.88. The van der Waals surface area contributed by atoms with Crippen LogP contribution in [-0.2, 0) is 25.6 Å². The van der Waals surface area contributed by atoms with E-state index in [2.05, 4.69) is 79.1 Å². The van der Waals surface area contributed by atoms with Gasteiger partial charge in [-0.2, -0.15) is 15.6 Å². The highest BCUT2D eigenvalue weighted by molar-refractivity contribution is 6.36. The molecule has 10 heterocycles. The number of aliphatic hydroxyl groups excluding tert-OH is 1. The van der Waals surface area contributed by atoms with Gasteiger partial charge in [-0.3, -0.25) is 24.3 Å². The monoisotopic (exact) mass is 1960 g/mol. The van der Waals surface area contributed by atoms with Gasteiger partial charge in [0.15, 0.2) is 11.6 Å². The smallest absolute Gasteiger partial charge is 0.264 e. The summed E-state index contributed by atoms with van der Waals surface area (Å²) in [5.74, 6) is 0.498. The molecule has 4 aliphatic rings. The number of anilines is 4. The number of nitrogens with one attached hydrogen (secondary N) is 1. The molecule has 0 radical (unpaired) electrons. The zero-order valence-electron chi connectivity index (χ0n) is 77.0. The molecule has 4 amide bonds. The molecule has 1 atom stereocenters. The quantitative estimate of drug-likeness (QED) is 0.0433. The van der Waals surface area contributed by atoms with Gasteiger partial charge in [-0.25, -0.2) is 62.4 Å². The van der Waals surface area contributed by atoms with Crippen molar-refractivity contribution in [3.05, 3.63) is 274 Å². The molecule has 4 aliphatic heterocycles. The van der Waals surface area contributed by atoms with Gasteiger partial charge >= 0.3 is 0 Å². The molecule has 712 valence electrons. The number of aryl methyl sites for hydroxylation is 3. The molecule has 140 heavy (non-hydrogen) atoms. The number of H-pyrrole nitrogens is 1. The van der Waals surface area contributed by atoms with E-state index in [4.69, 9.17) is 55.8 Å². The number of nitrogens with zero attached hydrogens (tertiary/aromatic N) is 20. The van der Waals surface area contributed by atoms with E-state index in [1.165, 1.54) is 61.7 Å². The number of fused-ring (bicyclic) bond motifs is 6. The van der Waals surface area contributed by atoms with Crippen molar-refractivity contribution in [2.24, 2.45) is 5.41 Å². The molecule has 1 unspecified atom stereocenters. The fraction of sp³-hybridized carbons (Fsp3) is 0.250. The molecule has 0 aliphatic carbocycles. The number of aromatic nitrogens is 11. The van der Waals surface area contributed by atoms with Crippen molar-refractivity contribution < 1.29 is 51.4 Å². The van der Waals surface area contributed by atoms with Crippen LogP contribution in [0.1, 0.15) is 57.1 Å². The summed E-state index contributed by atoms with van der Waals surface area (Å²) in [5, 5.41) is 52.2. The van der Waals surface area contributed by atoms with Gasteiger partial charge in [-0.15, -0.1) is 0 Å². The first kappa shape index (κ1) is 98.0. The van der Waals surface area contributed by atoms with Crippen molar-refractivity contribution in [2.75, 3.05) is 124 Å². The molecular weight excluding hydrogens is 1870 g/mol. The van der Waals surface area contributed by atoms with Gasteiger partial charge < -0.3 is 53.8 Å². The van der Waals surface area contributed by atoms with Crippen molar-refractivity contribution in [3.8, 4) is 62.4 Å². The van der Waals surface area contributed by atoms with E-state index >= 15 is 8.78 Å². The highest BCUT2D eigenvalue weighted by Gasteiger charge is 2.35. The molecule has 0 bridgehead atoms. The third-order valence-electron chi connectivity index (χ3n) is 25.3. The molecule has 0 saturated carbocycles. The van der Waals surface area contributed by atoms with E-state index in [9.17, 15) is 48.7 Å². The lowest BCUT2D eigenvalue weighted by Crippen LogP contribution is -2.56. The number of amides is 4. The fourth-order valence-electron chi connectivity index (χ4n) is 17.6. The first-order valence-corrected chi connectivity index (χ1v) is 46.6. The number of carbonyl (C=O) groups excluding carboxylic acids is 4. The Hall–Kier alpha value is -15.1. The molecule has 3 N–H and O–H groups in total. The zero-order chi connectivity index (χ0) is 99.1. The number of rotatable bonds is 17. The summed E-state index contributed by atoms with van der Waals surface area (Å²) in [6.45, 7) is 25.7. The predicted molar refractivity (Wildman–Crippen MR) is 537 cm³/mol. The van der Waals surface area contributed by atoms with E-state index < -0.39 is 17.7 Å². The summed E-state index contributed by atoms with van der Waals surface area (Å²) in [6, 6.07) is 41.2. The van der Waals surface area contributed by atoms with Crippen LogP contribution < -0.4 is 19.6 Å². The minimum absolute atomic E-state index is 0.000345. The summed E-state index contributed by atoms with van der Waals surface area (Å²) >= 11 is 26.5. The van der Waals surface area contributed by atoms with E-state index in [0.717, 1.165) is 44.4 Å². The molecule has 0 spiro atoms. The average molecular weight is 1970 g/mol. The number of allylic oxidation sites excluding steroid dienone is 1. The number of aromatic amines is 1. The Kier molecular flexibility index (Phi) is 29.8. The van der Waals surface area contributed by atoms with Crippen LogP contribution >= 0.6 is 46.4 Å². The predicted octanol–water partition coefficient (Wildman–Crippen LogP) is 19.1. The zero-order valence-corrected chi connectivity index (χ0v) is 80.0. The van der Waals surface area contributed by atoms with Crippen LogP contribution in [0.15, 0.2) is 212 Å². The second kappa shape index (κ2) is 42.5. The van der Waals surface area contributed by atoms with Crippen LogP contribution in [0, 0.1) is 65.2 Å². The first-order chi connectivity index (χ1) is 67.5. The first-order valence-electron chi connectivity index (χ1n) is 45.1. The minimum atomic E-state index is -0.619. The van der Waals surface area contributed by atoms with Crippen LogP contribution in [-0.4, -0.2) is 219 Å². The standard InChI is InChI=1S/C27H27ClFN5O.C26H20ClFN6O2.C26H22ClFN4O3.C25H24ClFN6O/c1-4-27(2,3)15-18(16-30)26(35)34-11-9-33(10-12-34)25-21-13-22(28)20(14-24(21)31-17-32-25)19-7-5-6-8-23(19)29;1-16-14-36-24(32-16)10-17(13-29)26(35)34-8-6-33(7-9-34)25-20-11-21(27)19(12-23(20)30-15-31-25)18-4-2-3-5-22(18)28;1-2-22(35)32-8-7-31(12-16(32)13-33)26-20-11-21(27)23(24(28)25(20)29-14-30-26)19-10-17(34)9-15-5-3-4-6-18(15)19;1-4-19-29-24-15(25(30-19)33-10-8-32(9-11-33)20(34)5-2)12-17(26)22(23(24)27)21-14(3)6-7-18-16(21)13-28-31-18/h5-8,13-15,17H,4,9-12H2,1-3H3;2-5,10-12,14-15H,6-9H2,1H3;2-6,9-11,14,16,33-34H,1,7-8,12-13H2;5-7,12-13H,2,4,8-11H2,1,3H3,(H,28,31)/b18-15+;17-10+;;. The molecule has 4 saturated heterocycles. The molecule has 19 rings (SSSR count). The number of phenolic OH excluding ortho intramolecular Hbond substituents is 1. The summed E-state index contributed by atoms with van der Waals surface area (Å²) in [4.78, 5) is 104. The minimum Gasteiger partial charge on any atom is -0.508 e. The number of phenols is 1. The Morgan fingerprint density at radius 2 is 1.04 bits per heavy atom. The van der Waals surface area contributed by atoms with Gasteiger partial charge in [0.05, 0.1) is 51.1 Å². The van der Waals surface area contributed by atoms with Crippen molar-refractivity contribution >= 4 is 165 Å².